The second-order valence-corrected chi connectivity index (χ2v) is 5.68. The quantitative estimate of drug-likeness (QED) is 0.912. The molecule has 0 bridgehead atoms. The zero-order chi connectivity index (χ0) is 13.8. The number of anilines is 1. The Labute approximate surface area is 121 Å². The third-order valence-corrected chi connectivity index (χ3v) is 3.99. The summed E-state index contributed by atoms with van der Waals surface area (Å²) in [6, 6.07) is 9.71. The molecule has 1 aliphatic heterocycles. The van der Waals surface area contributed by atoms with E-state index in [1.165, 1.54) is 0 Å². The highest BCUT2D eigenvalue weighted by Gasteiger charge is 2.10. The number of thiophene rings is 1. The minimum atomic E-state index is 0.00917. The molecule has 104 valence electrons. The van der Waals surface area contributed by atoms with E-state index in [0.29, 0.717) is 13.0 Å². The fraction of sp³-hybridized carbons (Fsp3) is 0.267. The molecule has 5 heteroatoms. The van der Waals surface area contributed by atoms with Crippen molar-refractivity contribution in [3.63, 3.8) is 0 Å². The van der Waals surface area contributed by atoms with Gasteiger partial charge < -0.3 is 15.4 Å². The summed E-state index contributed by atoms with van der Waals surface area (Å²) in [6.07, 6.45) is 0.420. The minimum absolute atomic E-state index is 0.00917. The van der Waals surface area contributed by atoms with Gasteiger partial charge in [0.2, 0.25) is 5.91 Å². The summed E-state index contributed by atoms with van der Waals surface area (Å²) in [6.45, 7) is 2.29. The molecule has 2 aromatic rings. The molecule has 0 unspecified atom stereocenters. The number of ether oxygens (including phenoxy) is 1. The van der Waals surface area contributed by atoms with Crippen molar-refractivity contribution >= 4 is 22.9 Å². The van der Waals surface area contributed by atoms with Crippen LogP contribution in [-0.4, -0.2) is 19.1 Å². The predicted molar refractivity (Wildman–Crippen MR) is 80.3 cm³/mol. The van der Waals surface area contributed by atoms with Crippen molar-refractivity contribution in [2.24, 2.45) is 0 Å². The molecule has 1 amide bonds. The summed E-state index contributed by atoms with van der Waals surface area (Å²) in [5.74, 6) is 0.904. The first-order valence-corrected chi connectivity index (χ1v) is 7.48. The number of hydrogen-bond acceptors (Lipinski definition) is 4. The van der Waals surface area contributed by atoms with E-state index < -0.39 is 0 Å². The molecule has 1 aromatic carbocycles. The van der Waals surface area contributed by atoms with Gasteiger partial charge in [0.25, 0.3) is 0 Å². The van der Waals surface area contributed by atoms with Crippen LogP contribution in [0.3, 0.4) is 0 Å². The van der Waals surface area contributed by atoms with Gasteiger partial charge in [0.15, 0.2) is 0 Å². The molecular weight excluding hydrogens is 272 g/mol. The van der Waals surface area contributed by atoms with E-state index in [2.05, 4.69) is 10.6 Å². The van der Waals surface area contributed by atoms with Crippen LogP contribution < -0.4 is 15.4 Å². The van der Waals surface area contributed by atoms with Gasteiger partial charge in [-0.25, -0.2) is 0 Å². The third-order valence-electron chi connectivity index (χ3n) is 3.11. The van der Waals surface area contributed by atoms with E-state index in [9.17, 15) is 4.79 Å². The molecule has 2 heterocycles. The van der Waals surface area contributed by atoms with Gasteiger partial charge in [-0.15, -0.1) is 11.3 Å². The Kier molecular flexibility index (Phi) is 3.99. The number of nitrogens with one attached hydrogen (secondary N) is 2. The first-order chi connectivity index (χ1) is 9.81. The molecule has 20 heavy (non-hydrogen) atoms. The Morgan fingerprint density at radius 1 is 1.40 bits per heavy atom. The van der Waals surface area contributed by atoms with Crippen molar-refractivity contribution in [3.8, 4) is 5.75 Å². The highest BCUT2D eigenvalue weighted by molar-refractivity contribution is 7.10. The number of hydrogen-bond donors (Lipinski definition) is 2. The van der Waals surface area contributed by atoms with E-state index in [-0.39, 0.29) is 5.91 Å². The summed E-state index contributed by atoms with van der Waals surface area (Å²) in [7, 11) is 0. The maximum Gasteiger partial charge on any atom is 0.229 e. The number of amides is 1. The van der Waals surface area contributed by atoms with Crippen molar-refractivity contribution in [1.82, 2.24) is 5.32 Å². The van der Waals surface area contributed by atoms with E-state index in [1.807, 2.05) is 35.7 Å². The molecule has 0 aliphatic carbocycles. The Balaban J connectivity index is 1.68. The monoisotopic (exact) mass is 288 g/mol. The van der Waals surface area contributed by atoms with Crippen LogP contribution >= 0.6 is 11.3 Å². The molecule has 0 saturated heterocycles. The Morgan fingerprint density at radius 2 is 2.35 bits per heavy atom. The van der Waals surface area contributed by atoms with E-state index >= 15 is 0 Å². The van der Waals surface area contributed by atoms with Gasteiger partial charge in [0.1, 0.15) is 12.4 Å². The average molecular weight is 288 g/mol. The molecule has 4 nitrogen and oxygen atoms in total. The highest BCUT2D eigenvalue weighted by Crippen LogP contribution is 2.24. The van der Waals surface area contributed by atoms with Crippen LogP contribution in [0.4, 0.5) is 5.69 Å². The SMILES string of the molecule is O=C(Cc1cccs1)Nc1ccc2c(c1)CNCCO2. The first kappa shape index (κ1) is 13.1. The molecule has 1 aromatic heterocycles. The van der Waals surface area contributed by atoms with Gasteiger partial charge in [-0.1, -0.05) is 6.07 Å². The van der Waals surface area contributed by atoms with E-state index in [1.54, 1.807) is 11.3 Å². The summed E-state index contributed by atoms with van der Waals surface area (Å²) >= 11 is 1.60. The van der Waals surface area contributed by atoms with Gasteiger partial charge >= 0.3 is 0 Å². The van der Waals surface area contributed by atoms with Crippen LogP contribution in [-0.2, 0) is 17.8 Å². The molecule has 0 saturated carbocycles. The molecule has 2 N–H and O–H groups in total. The van der Waals surface area contributed by atoms with Gasteiger partial charge in [-0.3, -0.25) is 4.79 Å². The Bertz CT molecular complexity index is 596. The smallest absolute Gasteiger partial charge is 0.229 e. The number of fused-ring (bicyclic) bond motifs is 1. The zero-order valence-electron chi connectivity index (χ0n) is 11.0. The molecule has 0 atom stereocenters. The number of carbonyl (C=O) groups is 1. The topological polar surface area (TPSA) is 50.4 Å². The lowest BCUT2D eigenvalue weighted by molar-refractivity contribution is -0.115. The lowest BCUT2D eigenvalue weighted by Crippen LogP contribution is -2.16. The summed E-state index contributed by atoms with van der Waals surface area (Å²) in [5, 5.41) is 8.20. The zero-order valence-corrected chi connectivity index (χ0v) is 11.8. The lowest BCUT2D eigenvalue weighted by Gasteiger charge is -2.10. The molecule has 0 fully saturated rings. The van der Waals surface area contributed by atoms with Crippen molar-refractivity contribution in [2.45, 2.75) is 13.0 Å². The minimum Gasteiger partial charge on any atom is -0.492 e. The second-order valence-electron chi connectivity index (χ2n) is 4.65. The fourth-order valence-electron chi connectivity index (χ4n) is 2.17. The number of carbonyl (C=O) groups excluding carboxylic acids is 1. The van der Waals surface area contributed by atoms with Gasteiger partial charge in [-0.05, 0) is 29.6 Å². The molecule has 1 aliphatic rings. The normalized spacial score (nSPS) is 14.0. The van der Waals surface area contributed by atoms with E-state index in [0.717, 1.165) is 35.0 Å². The summed E-state index contributed by atoms with van der Waals surface area (Å²) < 4.78 is 5.62. The number of benzene rings is 1. The highest BCUT2D eigenvalue weighted by atomic mass is 32.1. The molecular formula is C15H16N2O2S. The van der Waals surface area contributed by atoms with Gasteiger partial charge in [0.05, 0.1) is 6.42 Å². The Hall–Kier alpha value is -1.85. The van der Waals surface area contributed by atoms with Crippen LogP contribution in [0, 0.1) is 0 Å². The maximum absolute atomic E-state index is 12.0. The summed E-state index contributed by atoms with van der Waals surface area (Å²) in [4.78, 5) is 13.0. The molecule has 0 spiro atoms. The van der Waals surface area contributed by atoms with Crippen LogP contribution in [0.2, 0.25) is 0 Å². The Morgan fingerprint density at radius 3 is 3.20 bits per heavy atom. The van der Waals surface area contributed by atoms with Crippen molar-refractivity contribution in [2.75, 3.05) is 18.5 Å². The largest absolute Gasteiger partial charge is 0.492 e. The average Bonchev–Trinajstić information content (AvgIpc) is 2.82. The fourth-order valence-corrected chi connectivity index (χ4v) is 2.87. The van der Waals surface area contributed by atoms with E-state index in [4.69, 9.17) is 4.74 Å². The predicted octanol–water partition coefficient (Wildman–Crippen LogP) is 2.41. The summed E-state index contributed by atoms with van der Waals surface area (Å²) in [5.41, 5.74) is 1.90. The van der Waals surface area contributed by atoms with Crippen molar-refractivity contribution in [1.29, 1.82) is 0 Å². The molecule has 0 radical (unpaired) electrons. The van der Waals surface area contributed by atoms with Crippen molar-refractivity contribution in [3.05, 3.63) is 46.2 Å². The van der Waals surface area contributed by atoms with Crippen LogP contribution in [0.5, 0.6) is 5.75 Å². The maximum atomic E-state index is 12.0. The van der Waals surface area contributed by atoms with Gasteiger partial charge in [-0.2, -0.15) is 0 Å². The molecule has 3 rings (SSSR count). The van der Waals surface area contributed by atoms with Crippen LogP contribution in [0.25, 0.3) is 0 Å². The lowest BCUT2D eigenvalue weighted by atomic mass is 10.1. The van der Waals surface area contributed by atoms with Crippen molar-refractivity contribution < 1.29 is 9.53 Å². The second kappa shape index (κ2) is 6.07. The number of rotatable bonds is 3. The van der Waals surface area contributed by atoms with Crippen LogP contribution in [0.15, 0.2) is 35.7 Å². The third kappa shape index (κ3) is 3.18. The van der Waals surface area contributed by atoms with Gasteiger partial charge in [0, 0.05) is 29.2 Å². The first-order valence-electron chi connectivity index (χ1n) is 6.60. The standard InChI is InChI=1S/C15H16N2O2S/c18-15(9-13-2-1-7-20-13)17-12-3-4-14-11(8-12)10-16-5-6-19-14/h1-4,7-8,16H,5-6,9-10H2,(H,17,18). The van der Waals surface area contributed by atoms with Crippen LogP contribution in [0.1, 0.15) is 10.4 Å².